The fraction of sp³-hybridized carbons (Fsp3) is 0.632. The Morgan fingerprint density at radius 2 is 2.09 bits per heavy atom. The van der Waals surface area contributed by atoms with E-state index in [1.54, 1.807) is 0 Å². The zero-order chi connectivity index (χ0) is 16.7. The largest absolute Gasteiger partial charge is 0.334 e. The number of urea groups is 1. The summed E-state index contributed by atoms with van der Waals surface area (Å²) in [6, 6.07) is 10.9. The molecule has 4 nitrogen and oxygen atoms in total. The molecule has 0 radical (unpaired) electrons. The van der Waals surface area contributed by atoms with Gasteiger partial charge >= 0.3 is 6.03 Å². The van der Waals surface area contributed by atoms with Crippen LogP contribution in [0.5, 0.6) is 0 Å². The third-order valence-electron chi connectivity index (χ3n) is 4.34. The lowest BCUT2D eigenvalue weighted by Gasteiger charge is -2.34. The Morgan fingerprint density at radius 1 is 1.35 bits per heavy atom. The normalized spacial score (nSPS) is 18.9. The van der Waals surface area contributed by atoms with E-state index in [1.165, 1.54) is 5.56 Å². The van der Waals surface area contributed by atoms with Gasteiger partial charge in [-0.1, -0.05) is 44.2 Å². The summed E-state index contributed by atoms with van der Waals surface area (Å²) in [7, 11) is 0. The second-order valence-electron chi connectivity index (χ2n) is 6.94. The average Bonchev–Trinajstić information content (AvgIpc) is 2.53. The third kappa shape index (κ3) is 5.87. The first-order valence-corrected chi connectivity index (χ1v) is 8.90. The van der Waals surface area contributed by atoms with Gasteiger partial charge in [-0.05, 0) is 37.8 Å². The Hall–Kier alpha value is -1.55. The Bertz CT molecular complexity index is 475. The molecule has 1 atom stereocenters. The minimum atomic E-state index is 0.0905. The number of hydrogen-bond donors (Lipinski definition) is 1. The second kappa shape index (κ2) is 8.92. The standard InChI is InChI=1S/C19H31N3O/c1-4-22(13-16(2)3)19(23)20-18-11-8-12-21(15-18)14-17-9-6-5-7-10-17/h5-7,9-10,16,18H,4,8,11-15H2,1-3H3,(H,20,23). The fourth-order valence-electron chi connectivity index (χ4n) is 3.22. The third-order valence-corrected chi connectivity index (χ3v) is 4.34. The maximum absolute atomic E-state index is 12.4. The molecular formula is C19H31N3O. The molecule has 0 spiro atoms. The van der Waals surface area contributed by atoms with E-state index in [0.717, 1.165) is 45.6 Å². The van der Waals surface area contributed by atoms with Crippen molar-refractivity contribution in [3.8, 4) is 0 Å². The molecule has 2 amide bonds. The number of hydrogen-bond acceptors (Lipinski definition) is 2. The maximum Gasteiger partial charge on any atom is 0.317 e. The van der Waals surface area contributed by atoms with Gasteiger partial charge in [0, 0.05) is 32.2 Å². The van der Waals surface area contributed by atoms with Crippen molar-refractivity contribution in [1.82, 2.24) is 15.1 Å². The monoisotopic (exact) mass is 317 g/mol. The molecule has 1 N–H and O–H groups in total. The van der Waals surface area contributed by atoms with Gasteiger partial charge in [-0.25, -0.2) is 4.79 Å². The predicted octanol–water partition coefficient (Wildman–Crippen LogP) is 3.34. The molecule has 0 aromatic heterocycles. The summed E-state index contributed by atoms with van der Waals surface area (Å²) in [5.74, 6) is 0.502. The Labute approximate surface area is 140 Å². The number of carbonyl (C=O) groups is 1. The molecule has 1 heterocycles. The van der Waals surface area contributed by atoms with Gasteiger partial charge in [0.1, 0.15) is 0 Å². The highest BCUT2D eigenvalue weighted by Gasteiger charge is 2.23. The summed E-state index contributed by atoms with van der Waals surface area (Å²) in [4.78, 5) is 16.8. The van der Waals surface area contributed by atoms with E-state index in [9.17, 15) is 4.79 Å². The molecular weight excluding hydrogens is 286 g/mol. The van der Waals surface area contributed by atoms with Crippen molar-refractivity contribution in [3.05, 3.63) is 35.9 Å². The number of piperidine rings is 1. The van der Waals surface area contributed by atoms with E-state index in [0.29, 0.717) is 5.92 Å². The maximum atomic E-state index is 12.4. The van der Waals surface area contributed by atoms with Crippen LogP contribution in [0.2, 0.25) is 0 Å². The van der Waals surface area contributed by atoms with Crippen molar-refractivity contribution in [2.45, 2.75) is 46.2 Å². The molecule has 0 bridgehead atoms. The Morgan fingerprint density at radius 3 is 2.74 bits per heavy atom. The van der Waals surface area contributed by atoms with Crippen LogP contribution in [-0.2, 0) is 6.54 Å². The molecule has 128 valence electrons. The molecule has 2 rings (SSSR count). The van der Waals surface area contributed by atoms with Crippen LogP contribution in [0, 0.1) is 5.92 Å². The number of rotatable bonds is 6. The van der Waals surface area contributed by atoms with E-state index in [1.807, 2.05) is 11.8 Å². The molecule has 23 heavy (non-hydrogen) atoms. The number of amides is 2. The summed E-state index contributed by atoms with van der Waals surface area (Å²) < 4.78 is 0. The number of carbonyl (C=O) groups excluding carboxylic acids is 1. The van der Waals surface area contributed by atoms with Crippen molar-refractivity contribution in [3.63, 3.8) is 0 Å². The first-order chi connectivity index (χ1) is 11.1. The molecule has 0 saturated carbocycles. The smallest absolute Gasteiger partial charge is 0.317 e. The highest BCUT2D eigenvalue weighted by Crippen LogP contribution is 2.14. The summed E-state index contributed by atoms with van der Waals surface area (Å²) in [6.07, 6.45) is 2.23. The van der Waals surface area contributed by atoms with Gasteiger partial charge in [-0.2, -0.15) is 0 Å². The summed E-state index contributed by atoms with van der Waals surface area (Å²) in [6.45, 7) is 11.0. The van der Waals surface area contributed by atoms with Gasteiger partial charge < -0.3 is 10.2 Å². The van der Waals surface area contributed by atoms with Gasteiger partial charge in [0.05, 0.1) is 0 Å². The Balaban J connectivity index is 1.84. The average molecular weight is 317 g/mol. The number of benzene rings is 1. The van der Waals surface area contributed by atoms with E-state index in [4.69, 9.17) is 0 Å². The second-order valence-corrected chi connectivity index (χ2v) is 6.94. The Kier molecular flexibility index (Phi) is 6.90. The molecule has 1 fully saturated rings. The van der Waals surface area contributed by atoms with Crippen molar-refractivity contribution in [2.24, 2.45) is 5.92 Å². The molecule has 1 aromatic carbocycles. The lowest BCUT2D eigenvalue weighted by atomic mass is 10.0. The molecule has 0 aliphatic carbocycles. The zero-order valence-electron chi connectivity index (χ0n) is 14.8. The molecule has 1 unspecified atom stereocenters. The van der Waals surface area contributed by atoms with Crippen molar-refractivity contribution in [1.29, 1.82) is 0 Å². The van der Waals surface area contributed by atoms with Crippen LogP contribution < -0.4 is 5.32 Å². The SMILES string of the molecule is CCN(CC(C)C)C(=O)NC1CCCN(Cc2ccccc2)C1. The van der Waals surface area contributed by atoms with Gasteiger partial charge in [-0.15, -0.1) is 0 Å². The molecule has 1 saturated heterocycles. The van der Waals surface area contributed by atoms with E-state index in [2.05, 4.69) is 54.4 Å². The minimum Gasteiger partial charge on any atom is -0.334 e. The number of likely N-dealkylation sites (tertiary alicyclic amines) is 1. The zero-order valence-corrected chi connectivity index (χ0v) is 14.8. The molecule has 1 aliphatic rings. The topological polar surface area (TPSA) is 35.6 Å². The van der Waals surface area contributed by atoms with Gasteiger partial charge in [-0.3, -0.25) is 4.90 Å². The van der Waals surface area contributed by atoms with Crippen molar-refractivity contribution in [2.75, 3.05) is 26.2 Å². The van der Waals surface area contributed by atoms with Crippen LogP contribution in [-0.4, -0.2) is 48.1 Å². The van der Waals surface area contributed by atoms with Gasteiger partial charge in [0.15, 0.2) is 0 Å². The quantitative estimate of drug-likeness (QED) is 0.873. The fourth-order valence-corrected chi connectivity index (χ4v) is 3.22. The predicted molar refractivity (Wildman–Crippen MR) is 95.4 cm³/mol. The van der Waals surface area contributed by atoms with Crippen molar-refractivity contribution >= 4 is 6.03 Å². The highest BCUT2D eigenvalue weighted by atomic mass is 16.2. The van der Waals surface area contributed by atoms with Crippen LogP contribution in [0.1, 0.15) is 39.2 Å². The summed E-state index contributed by atoms with van der Waals surface area (Å²) in [5, 5.41) is 3.24. The first-order valence-electron chi connectivity index (χ1n) is 8.90. The molecule has 4 heteroatoms. The van der Waals surface area contributed by atoms with Crippen LogP contribution in [0.4, 0.5) is 4.79 Å². The molecule has 1 aliphatic heterocycles. The lowest BCUT2D eigenvalue weighted by Crippen LogP contribution is -2.51. The van der Waals surface area contributed by atoms with Crippen LogP contribution in [0.25, 0.3) is 0 Å². The van der Waals surface area contributed by atoms with Gasteiger partial charge in [0.25, 0.3) is 0 Å². The van der Waals surface area contributed by atoms with Crippen molar-refractivity contribution < 1.29 is 4.79 Å². The van der Waals surface area contributed by atoms with E-state index in [-0.39, 0.29) is 12.1 Å². The lowest BCUT2D eigenvalue weighted by molar-refractivity contribution is 0.161. The summed E-state index contributed by atoms with van der Waals surface area (Å²) in [5.41, 5.74) is 1.34. The minimum absolute atomic E-state index is 0.0905. The van der Waals surface area contributed by atoms with Crippen LogP contribution in [0.15, 0.2) is 30.3 Å². The van der Waals surface area contributed by atoms with E-state index >= 15 is 0 Å². The van der Waals surface area contributed by atoms with Crippen LogP contribution >= 0.6 is 0 Å². The first kappa shape index (κ1) is 17.8. The number of nitrogens with one attached hydrogen (secondary N) is 1. The number of nitrogens with zero attached hydrogens (tertiary/aromatic N) is 2. The van der Waals surface area contributed by atoms with Gasteiger partial charge in [0.2, 0.25) is 0 Å². The van der Waals surface area contributed by atoms with E-state index < -0.39 is 0 Å². The van der Waals surface area contributed by atoms with Crippen LogP contribution in [0.3, 0.4) is 0 Å². The molecule has 1 aromatic rings. The highest BCUT2D eigenvalue weighted by molar-refractivity contribution is 5.74. The summed E-state index contributed by atoms with van der Waals surface area (Å²) >= 11 is 0.